The minimum atomic E-state index is 0.168. The van der Waals surface area contributed by atoms with Crippen molar-refractivity contribution >= 4 is 0 Å². The monoisotopic (exact) mass is 245 g/mol. The summed E-state index contributed by atoms with van der Waals surface area (Å²) in [7, 11) is 0. The number of ether oxygens (including phenoxy) is 1. The van der Waals surface area contributed by atoms with E-state index in [2.05, 4.69) is 32.0 Å². The quantitative estimate of drug-likeness (QED) is 0.864. The van der Waals surface area contributed by atoms with Crippen molar-refractivity contribution in [2.75, 3.05) is 0 Å². The van der Waals surface area contributed by atoms with Crippen LogP contribution in [-0.4, -0.2) is 6.10 Å². The maximum Gasteiger partial charge on any atom is 0.123 e. The summed E-state index contributed by atoms with van der Waals surface area (Å²) >= 11 is 0. The zero-order valence-electron chi connectivity index (χ0n) is 11.4. The lowest BCUT2D eigenvalue weighted by molar-refractivity contribution is 0.254. The van der Waals surface area contributed by atoms with Crippen molar-refractivity contribution in [1.82, 2.24) is 0 Å². The van der Waals surface area contributed by atoms with Crippen LogP contribution in [0.15, 0.2) is 18.2 Å². The molecule has 2 unspecified atom stereocenters. The van der Waals surface area contributed by atoms with Crippen LogP contribution in [0.25, 0.3) is 0 Å². The van der Waals surface area contributed by atoms with Crippen molar-refractivity contribution in [3.05, 3.63) is 29.3 Å². The Labute approximate surface area is 110 Å². The summed E-state index contributed by atoms with van der Waals surface area (Å²) in [5.74, 6) is 1.05. The van der Waals surface area contributed by atoms with Gasteiger partial charge in [-0.2, -0.15) is 0 Å². The normalized spacial score (nSPS) is 26.7. The molecule has 0 saturated heterocycles. The Bertz CT molecular complexity index is 448. The molecule has 1 aliphatic carbocycles. The zero-order valence-corrected chi connectivity index (χ0v) is 11.4. The molecule has 0 radical (unpaired) electrons. The largest absolute Gasteiger partial charge is 0.490 e. The van der Waals surface area contributed by atoms with Gasteiger partial charge in [0.15, 0.2) is 0 Å². The van der Waals surface area contributed by atoms with Crippen molar-refractivity contribution in [3.63, 3.8) is 0 Å². The molecule has 18 heavy (non-hydrogen) atoms. The van der Waals surface area contributed by atoms with Crippen molar-refractivity contribution in [2.45, 2.75) is 58.1 Å². The van der Waals surface area contributed by atoms with E-state index in [4.69, 9.17) is 10.5 Å². The Morgan fingerprint density at radius 1 is 1.33 bits per heavy atom. The lowest BCUT2D eigenvalue weighted by Crippen LogP contribution is -2.29. The minimum Gasteiger partial charge on any atom is -0.490 e. The Balaban J connectivity index is 1.87. The van der Waals surface area contributed by atoms with E-state index in [0.29, 0.717) is 11.5 Å². The van der Waals surface area contributed by atoms with Crippen LogP contribution in [0, 0.1) is 5.41 Å². The van der Waals surface area contributed by atoms with Crippen molar-refractivity contribution in [1.29, 1.82) is 0 Å². The molecular weight excluding hydrogens is 222 g/mol. The second kappa shape index (κ2) is 4.27. The van der Waals surface area contributed by atoms with E-state index in [-0.39, 0.29) is 6.04 Å². The van der Waals surface area contributed by atoms with Crippen molar-refractivity contribution in [3.8, 4) is 5.75 Å². The van der Waals surface area contributed by atoms with Crippen LogP contribution in [0.3, 0.4) is 0 Å². The molecule has 1 fully saturated rings. The van der Waals surface area contributed by atoms with Crippen molar-refractivity contribution in [2.24, 2.45) is 11.1 Å². The first kappa shape index (κ1) is 12.0. The summed E-state index contributed by atoms with van der Waals surface area (Å²) < 4.78 is 5.75. The molecule has 2 atom stereocenters. The van der Waals surface area contributed by atoms with Crippen LogP contribution in [0.1, 0.15) is 56.7 Å². The molecule has 1 saturated carbocycles. The van der Waals surface area contributed by atoms with Gasteiger partial charge in [0.25, 0.3) is 0 Å². The summed E-state index contributed by atoms with van der Waals surface area (Å²) in [6.45, 7) is 4.47. The van der Waals surface area contributed by atoms with E-state index >= 15 is 0 Å². The fraction of sp³-hybridized carbons (Fsp3) is 0.625. The summed E-state index contributed by atoms with van der Waals surface area (Å²) in [6, 6.07) is 6.70. The lowest BCUT2D eigenvalue weighted by Gasteiger charge is -2.31. The number of benzene rings is 1. The summed E-state index contributed by atoms with van der Waals surface area (Å²) in [4.78, 5) is 0. The zero-order chi connectivity index (χ0) is 12.8. The van der Waals surface area contributed by atoms with Crippen LogP contribution < -0.4 is 10.5 Å². The molecule has 0 aromatic heterocycles. The Morgan fingerprint density at radius 2 is 2.06 bits per heavy atom. The number of hydrogen-bond acceptors (Lipinski definition) is 2. The van der Waals surface area contributed by atoms with Gasteiger partial charge in [0.2, 0.25) is 0 Å². The molecule has 2 aliphatic rings. The predicted molar refractivity (Wildman–Crippen MR) is 73.7 cm³/mol. The van der Waals surface area contributed by atoms with E-state index < -0.39 is 0 Å². The van der Waals surface area contributed by atoms with Gasteiger partial charge in [-0.1, -0.05) is 31.9 Å². The van der Waals surface area contributed by atoms with Gasteiger partial charge >= 0.3 is 0 Å². The van der Waals surface area contributed by atoms with E-state index in [9.17, 15) is 0 Å². The first-order valence-electron chi connectivity index (χ1n) is 7.13. The highest BCUT2D eigenvalue weighted by Crippen LogP contribution is 2.46. The molecule has 1 heterocycles. The molecular formula is C16H23NO. The average Bonchev–Trinajstić information content (AvgIpc) is 2.93. The Hall–Kier alpha value is -1.02. The standard InChI is InChI=1S/C16H23NO/c1-11-9-13-10-12(5-6-14(13)18-11)15(17)16(2)7-3-4-8-16/h5-6,10-11,15H,3-4,7-9,17H2,1-2H3. The molecule has 0 bridgehead atoms. The third kappa shape index (κ3) is 1.93. The highest BCUT2D eigenvalue weighted by molar-refractivity contribution is 5.42. The van der Waals surface area contributed by atoms with Crippen molar-refractivity contribution < 1.29 is 4.74 Å². The second-order valence-corrected chi connectivity index (χ2v) is 6.34. The summed E-state index contributed by atoms with van der Waals surface area (Å²) in [5.41, 5.74) is 9.43. The Morgan fingerprint density at radius 3 is 2.78 bits per heavy atom. The highest BCUT2D eigenvalue weighted by atomic mass is 16.5. The smallest absolute Gasteiger partial charge is 0.123 e. The van der Waals surface area contributed by atoms with Gasteiger partial charge in [-0.3, -0.25) is 0 Å². The molecule has 1 aromatic carbocycles. The molecule has 1 aromatic rings. The second-order valence-electron chi connectivity index (χ2n) is 6.34. The van der Waals surface area contributed by atoms with E-state index in [0.717, 1.165) is 12.2 Å². The third-order valence-corrected chi connectivity index (χ3v) is 4.78. The first-order valence-corrected chi connectivity index (χ1v) is 7.13. The molecule has 2 nitrogen and oxygen atoms in total. The molecule has 2 heteroatoms. The fourth-order valence-electron chi connectivity index (χ4n) is 3.53. The molecule has 0 spiro atoms. The van der Waals surface area contributed by atoms with E-state index in [1.54, 1.807) is 0 Å². The lowest BCUT2D eigenvalue weighted by atomic mass is 9.77. The van der Waals surface area contributed by atoms with Crippen LogP contribution in [0.2, 0.25) is 0 Å². The maximum atomic E-state index is 6.52. The summed E-state index contributed by atoms with van der Waals surface area (Å²) in [5, 5.41) is 0. The van der Waals surface area contributed by atoms with E-state index in [1.165, 1.54) is 36.8 Å². The van der Waals surface area contributed by atoms with Gasteiger partial charge < -0.3 is 10.5 Å². The van der Waals surface area contributed by atoms with Gasteiger partial charge in [0.05, 0.1) is 0 Å². The fourth-order valence-corrected chi connectivity index (χ4v) is 3.53. The van der Waals surface area contributed by atoms with Gasteiger partial charge in [-0.15, -0.1) is 0 Å². The van der Waals surface area contributed by atoms with Crippen LogP contribution in [0.4, 0.5) is 0 Å². The number of fused-ring (bicyclic) bond motifs is 1. The Kier molecular flexibility index (Phi) is 2.86. The topological polar surface area (TPSA) is 35.2 Å². The predicted octanol–water partition coefficient (Wildman–Crippen LogP) is 3.59. The molecule has 2 N–H and O–H groups in total. The average molecular weight is 245 g/mol. The maximum absolute atomic E-state index is 6.52. The van der Waals surface area contributed by atoms with Crippen LogP contribution >= 0.6 is 0 Å². The number of nitrogens with two attached hydrogens (primary N) is 1. The van der Waals surface area contributed by atoms with Gasteiger partial charge in [-0.05, 0) is 42.4 Å². The molecule has 98 valence electrons. The van der Waals surface area contributed by atoms with Crippen LogP contribution in [0.5, 0.6) is 5.75 Å². The molecule has 3 rings (SSSR count). The third-order valence-electron chi connectivity index (χ3n) is 4.78. The van der Waals surface area contributed by atoms with Gasteiger partial charge in [-0.25, -0.2) is 0 Å². The van der Waals surface area contributed by atoms with Gasteiger partial charge in [0, 0.05) is 12.5 Å². The van der Waals surface area contributed by atoms with Crippen LogP contribution in [-0.2, 0) is 6.42 Å². The molecule has 0 amide bonds. The van der Waals surface area contributed by atoms with E-state index in [1.807, 2.05) is 0 Å². The first-order chi connectivity index (χ1) is 8.58. The minimum absolute atomic E-state index is 0.168. The number of hydrogen-bond donors (Lipinski definition) is 1. The van der Waals surface area contributed by atoms with Gasteiger partial charge in [0.1, 0.15) is 11.9 Å². The molecule has 1 aliphatic heterocycles. The SMILES string of the molecule is CC1Cc2cc(C(N)C3(C)CCCC3)ccc2O1. The highest BCUT2D eigenvalue weighted by Gasteiger charge is 2.36. The number of rotatable bonds is 2. The summed E-state index contributed by atoms with van der Waals surface area (Å²) in [6.07, 6.45) is 6.52.